The summed E-state index contributed by atoms with van der Waals surface area (Å²) in [6.45, 7) is 4.01. The van der Waals surface area contributed by atoms with Crippen molar-refractivity contribution in [3.05, 3.63) is 42.7 Å². The number of thiophene rings is 2. The summed E-state index contributed by atoms with van der Waals surface area (Å²) in [5.41, 5.74) is 0.974. The Balaban J connectivity index is 2.31. The van der Waals surface area contributed by atoms with Crippen LogP contribution in [-0.2, 0) is 6.42 Å². The minimum absolute atomic E-state index is 0.0877. The van der Waals surface area contributed by atoms with Gasteiger partial charge < -0.3 is 0 Å². The Kier molecular flexibility index (Phi) is 3.47. The van der Waals surface area contributed by atoms with Crippen LogP contribution in [0.5, 0.6) is 0 Å². The third-order valence-corrected chi connectivity index (χ3v) is 5.10. The lowest BCUT2D eigenvalue weighted by Gasteiger charge is -1.91. The van der Waals surface area contributed by atoms with Gasteiger partial charge in [-0.1, -0.05) is 18.5 Å². The van der Waals surface area contributed by atoms with Crippen molar-refractivity contribution in [3.63, 3.8) is 0 Å². The number of carbonyl (C=O) groups excluding carboxylic acids is 1. The normalized spacial score (nSPS) is 10.7. The monoisotopic (exact) mass is 270 g/mol. The van der Waals surface area contributed by atoms with Gasteiger partial charge in [-0.2, -0.15) is 0 Å². The van der Waals surface area contributed by atoms with E-state index in [2.05, 4.69) is 6.92 Å². The molecule has 0 atom stereocenters. The van der Waals surface area contributed by atoms with E-state index in [1.165, 1.54) is 16.2 Å². The highest BCUT2D eigenvalue weighted by Gasteiger charge is 2.15. The van der Waals surface area contributed by atoms with Crippen molar-refractivity contribution < 1.29 is 4.79 Å². The highest BCUT2D eigenvalue weighted by Crippen LogP contribution is 2.30. The number of ketones is 1. The van der Waals surface area contributed by atoms with Crippen molar-refractivity contribution in [1.29, 1.82) is 0 Å². The van der Waals surface area contributed by atoms with Crippen molar-refractivity contribution >= 4 is 40.1 Å². The Morgan fingerprint density at radius 3 is 2.56 bits per heavy atom. The van der Waals surface area contributed by atoms with Gasteiger partial charge in [0.1, 0.15) is 0 Å². The van der Waals surface area contributed by atoms with Gasteiger partial charge in [-0.3, -0.25) is 4.79 Å². The van der Waals surface area contributed by atoms with E-state index < -0.39 is 0 Å². The van der Waals surface area contributed by atoms with E-state index in [1.54, 1.807) is 11.3 Å². The van der Waals surface area contributed by atoms with Crippen molar-refractivity contribution in [2.75, 3.05) is 0 Å². The maximum Gasteiger partial charge on any atom is 0.212 e. The maximum absolute atomic E-state index is 12.1. The predicted molar refractivity (Wildman–Crippen MR) is 71.2 cm³/mol. The van der Waals surface area contributed by atoms with Crippen LogP contribution in [0.2, 0.25) is 4.34 Å². The third-order valence-electron chi connectivity index (χ3n) is 2.31. The second kappa shape index (κ2) is 4.70. The summed E-state index contributed by atoms with van der Waals surface area (Å²) in [4.78, 5) is 14.9. The molecule has 0 saturated heterocycles. The lowest BCUT2D eigenvalue weighted by atomic mass is 10.2. The Labute approximate surface area is 108 Å². The number of aryl methyl sites for hydroxylation is 2. The average Bonchev–Trinajstić information content (AvgIpc) is 2.86. The minimum Gasteiger partial charge on any atom is -0.287 e. The SMILES string of the molecule is CCc1ccc(C(=O)c2cc(C)c(Cl)s2)s1. The number of carbonyl (C=O) groups is 1. The first-order valence-corrected chi connectivity index (χ1v) is 7.02. The molecule has 0 aromatic carbocycles. The van der Waals surface area contributed by atoms with E-state index in [9.17, 15) is 4.79 Å². The molecular weight excluding hydrogens is 260 g/mol. The summed E-state index contributed by atoms with van der Waals surface area (Å²) in [5, 5.41) is 0. The van der Waals surface area contributed by atoms with Crippen molar-refractivity contribution in [2.45, 2.75) is 20.3 Å². The van der Waals surface area contributed by atoms with Gasteiger partial charge in [0.2, 0.25) is 5.78 Å². The first kappa shape index (κ1) is 11.8. The molecule has 0 bridgehead atoms. The van der Waals surface area contributed by atoms with Crippen molar-refractivity contribution in [3.8, 4) is 0 Å². The molecule has 0 aliphatic carbocycles. The lowest BCUT2D eigenvalue weighted by Crippen LogP contribution is -1.94. The van der Waals surface area contributed by atoms with Gasteiger partial charge in [-0.15, -0.1) is 22.7 Å². The fourth-order valence-corrected chi connectivity index (χ4v) is 3.50. The molecule has 0 radical (unpaired) electrons. The molecular formula is C12H11ClOS2. The number of hydrogen-bond donors (Lipinski definition) is 0. The number of halogens is 1. The zero-order chi connectivity index (χ0) is 11.7. The van der Waals surface area contributed by atoms with Crippen molar-refractivity contribution in [2.24, 2.45) is 0 Å². The van der Waals surface area contributed by atoms with Crippen LogP contribution in [0.4, 0.5) is 0 Å². The van der Waals surface area contributed by atoms with Crippen LogP contribution >= 0.6 is 34.3 Å². The Morgan fingerprint density at radius 2 is 2.06 bits per heavy atom. The van der Waals surface area contributed by atoms with E-state index in [1.807, 2.05) is 25.1 Å². The van der Waals surface area contributed by atoms with Gasteiger partial charge in [0.05, 0.1) is 14.1 Å². The highest BCUT2D eigenvalue weighted by atomic mass is 35.5. The molecule has 84 valence electrons. The maximum atomic E-state index is 12.1. The molecule has 0 aliphatic rings. The summed E-state index contributed by atoms with van der Waals surface area (Å²) in [6, 6.07) is 5.77. The molecule has 16 heavy (non-hydrogen) atoms. The molecule has 0 saturated carbocycles. The summed E-state index contributed by atoms with van der Waals surface area (Å²) < 4.78 is 0.704. The summed E-state index contributed by atoms with van der Waals surface area (Å²) >= 11 is 8.88. The summed E-state index contributed by atoms with van der Waals surface area (Å²) in [7, 11) is 0. The van der Waals surface area contributed by atoms with Gasteiger partial charge >= 0.3 is 0 Å². The van der Waals surface area contributed by atoms with Crippen LogP contribution in [0.15, 0.2) is 18.2 Å². The van der Waals surface area contributed by atoms with Crippen molar-refractivity contribution in [1.82, 2.24) is 0 Å². The summed E-state index contributed by atoms with van der Waals surface area (Å²) in [6.07, 6.45) is 0.974. The first-order valence-electron chi connectivity index (χ1n) is 5.01. The van der Waals surface area contributed by atoms with E-state index in [-0.39, 0.29) is 5.78 Å². The van der Waals surface area contributed by atoms with Crippen LogP contribution in [0.25, 0.3) is 0 Å². The highest BCUT2D eigenvalue weighted by molar-refractivity contribution is 7.20. The zero-order valence-corrected chi connectivity index (χ0v) is 11.4. The van der Waals surface area contributed by atoms with Crippen LogP contribution < -0.4 is 0 Å². The Hall–Kier alpha value is -0.640. The van der Waals surface area contributed by atoms with E-state index in [0.29, 0.717) is 4.34 Å². The third kappa shape index (κ3) is 2.21. The number of rotatable bonds is 3. The molecule has 2 rings (SSSR count). The molecule has 1 nitrogen and oxygen atoms in total. The topological polar surface area (TPSA) is 17.1 Å². The van der Waals surface area contributed by atoms with Gasteiger partial charge in [0, 0.05) is 4.88 Å². The van der Waals surface area contributed by atoms with Crippen LogP contribution in [0, 0.1) is 6.92 Å². The van der Waals surface area contributed by atoms with Crippen LogP contribution in [0.3, 0.4) is 0 Å². The fourth-order valence-electron chi connectivity index (χ4n) is 1.38. The Bertz CT molecular complexity index is 505. The van der Waals surface area contributed by atoms with Gasteiger partial charge in [-0.25, -0.2) is 0 Å². The Morgan fingerprint density at radius 1 is 1.31 bits per heavy atom. The second-order valence-corrected chi connectivity index (χ2v) is 6.34. The lowest BCUT2D eigenvalue weighted by molar-refractivity contribution is 0.104. The van der Waals surface area contributed by atoms with Gasteiger partial charge in [-0.05, 0) is 37.1 Å². The molecule has 2 aromatic heterocycles. The molecule has 2 aromatic rings. The molecule has 0 fully saturated rings. The standard InChI is InChI=1S/C12H11ClOS2/c1-3-8-4-5-9(15-8)11(14)10-6-7(2)12(13)16-10/h4-6H,3H2,1-2H3. The zero-order valence-electron chi connectivity index (χ0n) is 9.04. The largest absolute Gasteiger partial charge is 0.287 e. The summed E-state index contributed by atoms with van der Waals surface area (Å²) in [5.74, 6) is 0.0877. The average molecular weight is 271 g/mol. The van der Waals surface area contributed by atoms with E-state index in [0.717, 1.165) is 21.7 Å². The smallest absolute Gasteiger partial charge is 0.212 e. The molecule has 0 amide bonds. The predicted octanol–water partition coefficient (Wildman–Crippen LogP) is 4.56. The first-order chi connectivity index (χ1) is 7.61. The number of hydrogen-bond acceptors (Lipinski definition) is 3. The minimum atomic E-state index is 0.0877. The van der Waals surface area contributed by atoms with Crippen LogP contribution in [-0.4, -0.2) is 5.78 Å². The quantitative estimate of drug-likeness (QED) is 0.747. The molecule has 0 aliphatic heterocycles. The molecule has 0 unspecified atom stereocenters. The molecule has 0 spiro atoms. The van der Waals surface area contributed by atoms with Crippen LogP contribution in [0.1, 0.15) is 31.9 Å². The molecule has 2 heterocycles. The molecule has 4 heteroatoms. The molecule has 0 N–H and O–H groups in total. The second-order valence-electron chi connectivity index (χ2n) is 3.52. The van der Waals surface area contributed by atoms with Gasteiger partial charge in [0.15, 0.2) is 0 Å². The van der Waals surface area contributed by atoms with E-state index >= 15 is 0 Å². The van der Waals surface area contributed by atoms with E-state index in [4.69, 9.17) is 11.6 Å². The van der Waals surface area contributed by atoms with Gasteiger partial charge in [0.25, 0.3) is 0 Å². The fraction of sp³-hybridized carbons (Fsp3) is 0.250.